The molecule has 0 aromatic heterocycles. The molecule has 0 aromatic carbocycles. The number of hydrogen-bond donors (Lipinski definition) is 1. The van der Waals surface area contributed by atoms with E-state index in [1.54, 1.807) is 0 Å². The lowest BCUT2D eigenvalue weighted by atomic mass is 9.43. The first-order valence-corrected chi connectivity index (χ1v) is 8.84. The molecule has 2 heteroatoms. The number of nitrogens with one attached hydrogen (secondary N) is 1. The van der Waals surface area contributed by atoms with Crippen molar-refractivity contribution in [1.29, 1.82) is 5.26 Å². The normalized spacial score (nSPS) is 44.8. The van der Waals surface area contributed by atoms with E-state index >= 15 is 0 Å². The third-order valence-electron chi connectivity index (χ3n) is 6.41. The average molecular weight is 288 g/mol. The van der Waals surface area contributed by atoms with Crippen molar-refractivity contribution < 1.29 is 0 Å². The molecule has 4 saturated carbocycles. The van der Waals surface area contributed by atoms with Gasteiger partial charge in [0.1, 0.15) is 0 Å². The molecule has 0 aromatic rings. The molecule has 0 aliphatic heterocycles. The van der Waals surface area contributed by atoms with E-state index in [4.69, 9.17) is 5.26 Å². The average Bonchev–Trinajstić information content (AvgIpc) is 2.30. The van der Waals surface area contributed by atoms with Crippen LogP contribution in [0.2, 0.25) is 0 Å². The summed E-state index contributed by atoms with van der Waals surface area (Å²) in [4.78, 5) is 0. The molecule has 0 radical (unpaired) electrons. The van der Waals surface area contributed by atoms with Gasteiger partial charge in [0.05, 0.1) is 11.5 Å². The summed E-state index contributed by atoms with van der Waals surface area (Å²) in [5, 5.41) is 13.1. The zero-order chi connectivity index (χ0) is 15.4. The Morgan fingerprint density at radius 1 is 1.10 bits per heavy atom. The highest BCUT2D eigenvalue weighted by Crippen LogP contribution is 2.66. The van der Waals surface area contributed by atoms with Crippen molar-refractivity contribution in [3.05, 3.63) is 0 Å². The van der Waals surface area contributed by atoms with Gasteiger partial charge in [-0.2, -0.15) is 5.26 Å². The second-order valence-electron chi connectivity index (χ2n) is 9.94. The van der Waals surface area contributed by atoms with E-state index < -0.39 is 0 Å². The predicted molar refractivity (Wildman–Crippen MR) is 86.8 cm³/mol. The van der Waals surface area contributed by atoms with Crippen LogP contribution in [0.1, 0.15) is 79.1 Å². The Hall–Kier alpha value is -0.550. The van der Waals surface area contributed by atoms with E-state index in [-0.39, 0.29) is 5.41 Å². The van der Waals surface area contributed by atoms with E-state index in [1.807, 2.05) is 0 Å². The third-order valence-corrected chi connectivity index (χ3v) is 6.41. The van der Waals surface area contributed by atoms with Crippen LogP contribution in [0.3, 0.4) is 0 Å². The Morgan fingerprint density at radius 3 is 2.24 bits per heavy atom. The topological polar surface area (TPSA) is 35.8 Å². The van der Waals surface area contributed by atoms with Crippen LogP contribution in [-0.2, 0) is 0 Å². The maximum Gasteiger partial charge on any atom is 0.0683 e. The zero-order valence-electron chi connectivity index (χ0n) is 14.4. The molecule has 4 rings (SSSR count). The summed E-state index contributed by atoms with van der Waals surface area (Å²) >= 11 is 0. The minimum atomic E-state index is -0.166. The summed E-state index contributed by atoms with van der Waals surface area (Å²) in [6, 6.07) is 2.42. The Balaban J connectivity index is 1.60. The summed E-state index contributed by atoms with van der Waals surface area (Å²) in [7, 11) is 0. The molecule has 4 bridgehead atoms. The molecule has 4 fully saturated rings. The van der Waals surface area contributed by atoms with Crippen LogP contribution in [0.4, 0.5) is 0 Å². The van der Waals surface area contributed by atoms with Gasteiger partial charge in [0, 0.05) is 5.54 Å². The van der Waals surface area contributed by atoms with E-state index in [0.717, 1.165) is 25.3 Å². The van der Waals surface area contributed by atoms with E-state index in [1.165, 1.54) is 38.5 Å². The first kappa shape index (κ1) is 15.3. The van der Waals surface area contributed by atoms with Gasteiger partial charge in [0.15, 0.2) is 0 Å². The SMILES string of the molecule is CC(C)(C#N)CCCNC12CC3CC(C)(CC(C)(C3)C1)C2. The second-order valence-corrected chi connectivity index (χ2v) is 9.94. The van der Waals surface area contributed by atoms with E-state index in [2.05, 4.69) is 39.1 Å². The molecule has 21 heavy (non-hydrogen) atoms. The highest BCUT2D eigenvalue weighted by molar-refractivity contribution is 5.14. The predicted octanol–water partition coefficient (Wildman–Crippen LogP) is 4.65. The van der Waals surface area contributed by atoms with E-state index in [0.29, 0.717) is 16.4 Å². The molecule has 0 spiro atoms. The molecule has 0 saturated heterocycles. The zero-order valence-corrected chi connectivity index (χ0v) is 14.4. The largest absolute Gasteiger partial charge is 0.311 e. The maximum absolute atomic E-state index is 9.12. The van der Waals surface area contributed by atoms with Crippen LogP contribution in [-0.4, -0.2) is 12.1 Å². The van der Waals surface area contributed by atoms with Crippen molar-refractivity contribution in [2.24, 2.45) is 22.2 Å². The number of hydrogen-bond acceptors (Lipinski definition) is 2. The van der Waals surface area contributed by atoms with Crippen LogP contribution < -0.4 is 5.32 Å². The minimum Gasteiger partial charge on any atom is -0.311 e. The first-order valence-electron chi connectivity index (χ1n) is 8.84. The molecule has 0 heterocycles. The first-order chi connectivity index (χ1) is 9.67. The summed E-state index contributed by atoms with van der Waals surface area (Å²) in [6.07, 6.45) is 10.7. The van der Waals surface area contributed by atoms with Gasteiger partial charge in [-0.25, -0.2) is 0 Å². The van der Waals surface area contributed by atoms with Gasteiger partial charge in [-0.05, 0) is 88.5 Å². The van der Waals surface area contributed by atoms with Crippen LogP contribution in [0.25, 0.3) is 0 Å². The molecule has 0 amide bonds. The van der Waals surface area contributed by atoms with Gasteiger partial charge in [-0.1, -0.05) is 13.8 Å². The van der Waals surface area contributed by atoms with E-state index in [9.17, 15) is 0 Å². The summed E-state index contributed by atoms with van der Waals surface area (Å²) in [5.41, 5.74) is 1.43. The monoisotopic (exact) mass is 288 g/mol. The Kier molecular flexibility index (Phi) is 3.45. The van der Waals surface area contributed by atoms with Gasteiger partial charge in [0.2, 0.25) is 0 Å². The third kappa shape index (κ3) is 3.00. The standard InChI is InChI=1S/C19H32N2/c1-16(2,14-20)6-5-7-21-19-10-15-8-17(3,12-19)11-18(4,9-15)13-19/h15,21H,5-13H2,1-4H3. The summed E-state index contributed by atoms with van der Waals surface area (Å²) in [5.74, 6) is 0.958. The molecule has 1 N–H and O–H groups in total. The molecule has 4 aliphatic carbocycles. The molecular weight excluding hydrogens is 256 g/mol. The van der Waals surface area contributed by atoms with Crippen molar-refractivity contribution in [2.45, 2.75) is 84.6 Å². The highest BCUT2D eigenvalue weighted by atomic mass is 15.0. The van der Waals surface area contributed by atoms with Crippen LogP contribution >= 0.6 is 0 Å². The van der Waals surface area contributed by atoms with Gasteiger partial charge in [-0.15, -0.1) is 0 Å². The lowest BCUT2D eigenvalue weighted by Crippen LogP contribution is -2.64. The quantitative estimate of drug-likeness (QED) is 0.747. The van der Waals surface area contributed by atoms with Gasteiger partial charge >= 0.3 is 0 Å². The summed E-state index contributed by atoms with van der Waals surface area (Å²) in [6.45, 7) is 10.3. The summed E-state index contributed by atoms with van der Waals surface area (Å²) < 4.78 is 0. The van der Waals surface area contributed by atoms with Gasteiger partial charge in [-0.3, -0.25) is 0 Å². The molecule has 118 valence electrons. The second kappa shape index (κ2) is 4.72. The molecule has 4 aliphatic rings. The molecule has 2 nitrogen and oxygen atoms in total. The number of nitrogens with zero attached hydrogens (tertiary/aromatic N) is 1. The van der Waals surface area contributed by atoms with Gasteiger partial charge in [0.25, 0.3) is 0 Å². The lowest BCUT2D eigenvalue weighted by Gasteiger charge is -2.65. The lowest BCUT2D eigenvalue weighted by molar-refractivity contribution is -0.117. The highest BCUT2D eigenvalue weighted by Gasteiger charge is 2.59. The van der Waals surface area contributed by atoms with Gasteiger partial charge < -0.3 is 5.32 Å². The van der Waals surface area contributed by atoms with Crippen LogP contribution in [0.5, 0.6) is 0 Å². The van der Waals surface area contributed by atoms with Crippen LogP contribution in [0, 0.1) is 33.5 Å². The van der Waals surface area contributed by atoms with Crippen LogP contribution in [0.15, 0.2) is 0 Å². The molecular formula is C19H32N2. The van der Waals surface area contributed by atoms with Crippen molar-refractivity contribution >= 4 is 0 Å². The fourth-order valence-corrected chi connectivity index (χ4v) is 6.58. The number of nitriles is 1. The Labute approximate surface area is 130 Å². The smallest absolute Gasteiger partial charge is 0.0683 e. The minimum absolute atomic E-state index is 0.166. The number of rotatable bonds is 5. The van der Waals surface area contributed by atoms with Crippen molar-refractivity contribution in [1.82, 2.24) is 5.32 Å². The molecule has 2 unspecified atom stereocenters. The van der Waals surface area contributed by atoms with Crippen molar-refractivity contribution in [3.8, 4) is 6.07 Å². The van der Waals surface area contributed by atoms with Crippen molar-refractivity contribution in [3.63, 3.8) is 0 Å². The fraction of sp³-hybridized carbons (Fsp3) is 0.947. The Bertz CT molecular complexity index is 441. The Morgan fingerprint density at radius 2 is 1.71 bits per heavy atom. The maximum atomic E-state index is 9.12. The van der Waals surface area contributed by atoms with Crippen molar-refractivity contribution in [2.75, 3.05) is 6.54 Å². The molecule has 2 atom stereocenters. The fourth-order valence-electron chi connectivity index (χ4n) is 6.58.